The maximum absolute atomic E-state index is 2.38. The Morgan fingerprint density at radius 2 is 0.972 bits per heavy atom. The molecule has 0 atom stereocenters. The Kier molecular flexibility index (Phi) is 10.00. The van der Waals surface area contributed by atoms with E-state index in [1.54, 1.807) is 0 Å². The first-order valence-corrected chi connectivity index (χ1v) is 11.7. The summed E-state index contributed by atoms with van der Waals surface area (Å²) in [7, 11) is 0. The Labute approximate surface area is 218 Å². The molecule has 0 aliphatic carbocycles. The van der Waals surface area contributed by atoms with E-state index >= 15 is 0 Å². The highest BCUT2D eigenvalue weighted by atomic mass is 14.2. The average Bonchev–Trinajstić information content (AvgIpc) is 2.89. The van der Waals surface area contributed by atoms with Crippen LogP contribution in [-0.4, -0.2) is 0 Å². The molecular formula is C36H40. The third kappa shape index (κ3) is 5.19. The number of fused-ring (bicyclic) bond motifs is 1. The zero-order valence-electron chi connectivity index (χ0n) is 19.3. The molecule has 0 heteroatoms. The molecule has 0 N–H and O–H groups in total. The van der Waals surface area contributed by atoms with Gasteiger partial charge in [-0.2, -0.15) is 0 Å². The third-order valence-corrected chi connectivity index (χ3v) is 6.31. The van der Waals surface area contributed by atoms with Crippen molar-refractivity contribution in [3.05, 3.63) is 120 Å². The van der Waals surface area contributed by atoms with E-state index in [2.05, 4.69) is 135 Å². The summed E-state index contributed by atoms with van der Waals surface area (Å²) in [5.74, 6) is 0. The molecule has 0 heterocycles. The minimum absolute atomic E-state index is 0. The van der Waals surface area contributed by atoms with Crippen molar-refractivity contribution in [2.24, 2.45) is 0 Å². The lowest BCUT2D eigenvalue weighted by Gasteiger charge is -2.16. The lowest BCUT2D eigenvalue weighted by molar-refractivity contribution is 1.28. The maximum atomic E-state index is 2.38. The minimum atomic E-state index is 0. The van der Waals surface area contributed by atoms with E-state index in [-0.39, 0.29) is 22.3 Å². The monoisotopic (exact) mass is 472 g/mol. The van der Waals surface area contributed by atoms with Crippen LogP contribution in [0.25, 0.3) is 56.3 Å². The fourth-order valence-corrected chi connectivity index (χ4v) is 4.91. The van der Waals surface area contributed by atoms with Gasteiger partial charge < -0.3 is 0 Å². The van der Waals surface area contributed by atoms with Gasteiger partial charge >= 0.3 is 0 Å². The van der Waals surface area contributed by atoms with E-state index in [4.69, 9.17) is 0 Å². The standard InChI is InChI=1S/C33H28.3CH4/c1-3-14-29-28(4-2)33(27-20-13-19-26(23-27)24-15-7-5-8-16-24)31-22-12-11-21-30(31)32(29)25-17-9-6-10-18-25;;;/h4-23H,3H2,1-2H3;3*1H4/b28-4+,29-14+;;;. The van der Waals surface area contributed by atoms with Crippen molar-refractivity contribution in [1.82, 2.24) is 0 Å². The topological polar surface area (TPSA) is 0 Å². The van der Waals surface area contributed by atoms with Crippen LogP contribution in [0.15, 0.2) is 109 Å². The Hall–Kier alpha value is -3.90. The van der Waals surface area contributed by atoms with E-state index in [0.29, 0.717) is 0 Å². The molecule has 0 saturated heterocycles. The van der Waals surface area contributed by atoms with Gasteiger partial charge in [0.25, 0.3) is 0 Å². The molecule has 0 unspecified atom stereocenters. The van der Waals surface area contributed by atoms with Gasteiger partial charge in [-0.05, 0) is 74.0 Å². The summed E-state index contributed by atoms with van der Waals surface area (Å²) < 4.78 is 0. The van der Waals surface area contributed by atoms with E-state index in [0.717, 1.165) is 6.42 Å². The molecule has 0 radical (unpaired) electrons. The van der Waals surface area contributed by atoms with Crippen LogP contribution in [-0.2, 0) is 0 Å². The molecule has 5 rings (SSSR count). The van der Waals surface area contributed by atoms with E-state index < -0.39 is 0 Å². The maximum Gasteiger partial charge on any atom is -0.00296 e. The molecule has 36 heavy (non-hydrogen) atoms. The molecule has 0 amide bonds. The summed E-state index contributed by atoms with van der Waals surface area (Å²) in [6, 6.07) is 39.3. The summed E-state index contributed by atoms with van der Waals surface area (Å²) in [6.45, 7) is 4.38. The normalized spacial score (nSPS) is 11.4. The van der Waals surface area contributed by atoms with E-state index in [9.17, 15) is 0 Å². The molecule has 5 aromatic carbocycles. The van der Waals surface area contributed by atoms with Crippen LogP contribution >= 0.6 is 0 Å². The van der Waals surface area contributed by atoms with Crippen molar-refractivity contribution >= 4 is 22.9 Å². The number of benzene rings is 5. The van der Waals surface area contributed by atoms with Crippen molar-refractivity contribution in [2.45, 2.75) is 42.5 Å². The SMILES string of the molecule is C.C.C.C/C=c1/c(-c2cccc(-c3ccccc3)c2)c2ccccc2c(-c2ccccc2)/c1=C/CC. The molecular weight excluding hydrogens is 432 g/mol. The summed E-state index contributed by atoms with van der Waals surface area (Å²) in [5.41, 5.74) is 7.64. The van der Waals surface area contributed by atoms with Gasteiger partial charge in [0.05, 0.1) is 0 Å². The Balaban J connectivity index is 0.00000152. The van der Waals surface area contributed by atoms with Crippen LogP contribution in [0, 0.1) is 0 Å². The quantitative estimate of drug-likeness (QED) is 0.244. The second kappa shape index (κ2) is 12.7. The van der Waals surface area contributed by atoms with E-state index in [1.165, 1.54) is 54.6 Å². The van der Waals surface area contributed by atoms with Crippen LogP contribution < -0.4 is 10.4 Å². The van der Waals surface area contributed by atoms with Crippen molar-refractivity contribution in [3.8, 4) is 33.4 Å². The highest BCUT2D eigenvalue weighted by Crippen LogP contribution is 2.33. The van der Waals surface area contributed by atoms with Gasteiger partial charge in [-0.15, -0.1) is 0 Å². The first-order valence-electron chi connectivity index (χ1n) is 11.7. The first-order chi connectivity index (χ1) is 16.3. The summed E-state index contributed by atoms with van der Waals surface area (Å²) in [6.07, 6.45) is 5.65. The summed E-state index contributed by atoms with van der Waals surface area (Å²) in [4.78, 5) is 0. The first kappa shape index (κ1) is 28.3. The average molecular weight is 473 g/mol. The number of hydrogen-bond acceptors (Lipinski definition) is 0. The lowest BCUT2D eigenvalue weighted by atomic mass is 9.87. The van der Waals surface area contributed by atoms with Crippen LogP contribution in [0.2, 0.25) is 0 Å². The molecule has 0 nitrogen and oxygen atoms in total. The van der Waals surface area contributed by atoms with Gasteiger partial charge in [-0.1, -0.05) is 144 Å². The predicted octanol–water partition coefficient (Wildman–Crippen LogP) is 9.74. The summed E-state index contributed by atoms with van der Waals surface area (Å²) >= 11 is 0. The summed E-state index contributed by atoms with van der Waals surface area (Å²) in [5, 5.41) is 5.22. The lowest BCUT2D eigenvalue weighted by Crippen LogP contribution is -2.29. The second-order valence-electron chi connectivity index (χ2n) is 8.34. The largest absolute Gasteiger partial charge is 0.0791 e. The van der Waals surface area contributed by atoms with Crippen molar-refractivity contribution in [3.63, 3.8) is 0 Å². The molecule has 184 valence electrons. The Bertz CT molecular complexity index is 1520. The molecule has 0 aliphatic rings. The number of rotatable bonds is 4. The molecule has 5 aromatic rings. The highest BCUT2D eigenvalue weighted by molar-refractivity contribution is 6.06. The van der Waals surface area contributed by atoms with Gasteiger partial charge in [-0.3, -0.25) is 0 Å². The molecule has 0 aliphatic heterocycles. The smallest absolute Gasteiger partial charge is 0.00296 e. The van der Waals surface area contributed by atoms with Crippen LogP contribution in [0.1, 0.15) is 42.5 Å². The van der Waals surface area contributed by atoms with Crippen molar-refractivity contribution in [2.75, 3.05) is 0 Å². The number of hydrogen-bond donors (Lipinski definition) is 0. The van der Waals surface area contributed by atoms with Gasteiger partial charge in [0.15, 0.2) is 0 Å². The highest BCUT2D eigenvalue weighted by Gasteiger charge is 2.14. The van der Waals surface area contributed by atoms with Crippen LogP contribution in [0.4, 0.5) is 0 Å². The molecule has 0 spiro atoms. The molecule has 0 bridgehead atoms. The molecule has 0 saturated carbocycles. The van der Waals surface area contributed by atoms with E-state index in [1.807, 2.05) is 0 Å². The molecule has 0 fully saturated rings. The van der Waals surface area contributed by atoms with Gasteiger partial charge in [-0.25, -0.2) is 0 Å². The zero-order chi connectivity index (χ0) is 22.6. The van der Waals surface area contributed by atoms with Crippen molar-refractivity contribution in [1.29, 1.82) is 0 Å². The predicted molar refractivity (Wildman–Crippen MR) is 165 cm³/mol. The minimum Gasteiger partial charge on any atom is -0.0791 e. The zero-order valence-corrected chi connectivity index (χ0v) is 19.3. The van der Waals surface area contributed by atoms with Gasteiger partial charge in [0.2, 0.25) is 0 Å². The third-order valence-electron chi connectivity index (χ3n) is 6.31. The van der Waals surface area contributed by atoms with Crippen LogP contribution in [0.5, 0.6) is 0 Å². The second-order valence-corrected chi connectivity index (χ2v) is 8.34. The Morgan fingerprint density at radius 3 is 1.53 bits per heavy atom. The van der Waals surface area contributed by atoms with Gasteiger partial charge in [0.1, 0.15) is 0 Å². The molecule has 0 aromatic heterocycles. The van der Waals surface area contributed by atoms with Gasteiger partial charge in [0, 0.05) is 0 Å². The van der Waals surface area contributed by atoms with Crippen molar-refractivity contribution < 1.29 is 0 Å². The van der Waals surface area contributed by atoms with Crippen LogP contribution in [0.3, 0.4) is 0 Å². The Morgan fingerprint density at radius 1 is 0.500 bits per heavy atom. The fourth-order valence-electron chi connectivity index (χ4n) is 4.91. The fraction of sp³-hybridized carbons (Fsp3) is 0.167.